The molecule has 0 saturated carbocycles. The van der Waals surface area contributed by atoms with Gasteiger partial charge in [0.25, 0.3) is 5.56 Å². The van der Waals surface area contributed by atoms with E-state index in [2.05, 4.69) is 24.2 Å². The van der Waals surface area contributed by atoms with Gasteiger partial charge in [0, 0.05) is 5.56 Å². The smallest absolute Gasteiger partial charge is 0.274 e. The van der Waals surface area contributed by atoms with Crippen LogP contribution in [0.2, 0.25) is 0 Å². The highest BCUT2D eigenvalue weighted by Crippen LogP contribution is 2.21. The predicted molar refractivity (Wildman–Crippen MR) is 86.0 cm³/mol. The molecule has 3 heteroatoms. The first kappa shape index (κ1) is 13.4. The molecule has 0 radical (unpaired) electrons. The Morgan fingerprint density at radius 2 is 1.57 bits per heavy atom. The minimum absolute atomic E-state index is 0.000116. The lowest BCUT2D eigenvalue weighted by atomic mass is 10.1. The fraction of sp³-hybridized carbons (Fsp3) is 0.167. The number of para-hydroxylation sites is 1. The average Bonchev–Trinajstić information content (AvgIpc) is 2.77. The first-order valence-electron chi connectivity index (χ1n) is 7.02. The number of aromatic nitrogens is 2. The summed E-state index contributed by atoms with van der Waals surface area (Å²) in [6.45, 7) is 5.92. The maximum atomic E-state index is 12.5. The number of nitrogens with one attached hydrogen (secondary N) is 1. The number of benzene rings is 2. The highest BCUT2D eigenvalue weighted by Gasteiger charge is 2.13. The van der Waals surface area contributed by atoms with Gasteiger partial charge in [0.15, 0.2) is 0 Å². The van der Waals surface area contributed by atoms with Crippen LogP contribution in [0.3, 0.4) is 0 Å². The van der Waals surface area contributed by atoms with E-state index in [1.807, 2.05) is 50.2 Å². The lowest BCUT2D eigenvalue weighted by molar-refractivity contribution is 0.844. The molecule has 0 bridgehead atoms. The van der Waals surface area contributed by atoms with Gasteiger partial charge in [-0.3, -0.25) is 9.89 Å². The van der Waals surface area contributed by atoms with Crippen molar-refractivity contribution in [3.63, 3.8) is 0 Å². The van der Waals surface area contributed by atoms with Crippen LogP contribution < -0.4 is 5.56 Å². The Morgan fingerprint density at radius 1 is 0.905 bits per heavy atom. The molecule has 0 unspecified atom stereocenters. The first-order chi connectivity index (χ1) is 10.1. The number of nitrogens with zero attached hydrogens (tertiary/aromatic N) is 1. The molecule has 0 aliphatic carbocycles. The van der Waals surface area contributed by atoms with Gasteiger partial charge in [-0.1, -0.05) is 48.0 Å². The number of aromatic amines is 1. The van der Waals surface area contributed by atoms with Crippen LogP contribution in [0.25, 0.3) is 16.9 Å². The fourth-order valence-electron chi connectivity index (χ4n) is 2.51. The topological polar surface area (TPSA) is 37.8 Å². The Balaban J connectivity index is 2.19. The number of hydrogen-bond donors (Lipinski definition) is 1. The van der Waals surface area contributed by atoms with Gasteiger partial charge >= 0.3 is 0 Å². The molecule has 106 valence electrons. The number of rotatable bonds is 2. The second kappa shape index (κ2) is 5.09. The van der Waals surface area contributed by atoms with Crippen LogP contribution in [-0.2, 0) is 0 Å². The maximum Gasteiger partial charge on any atom is 0.274 e. The maximum absolute atomic E-state index is 12.5. The van der Waals surface area contributed by atoms with Gasteiger partial charge in [-0.25, -0.2) is 4.68 Å². The molecule has 0 saturated heterocycles. The van der Waals surface area contributed by atoms with E-state index in [4.69, 9.17) is 0 Å². The second-order valence-corrected chi connectivity index (χ2v) is 5.40. The van der Waals surface area contributed by atoms with Gasteiger partial charge < -0.3 is 0 Å². The highest BCUT2D eigenvalue weighted by molar-refractivity contribution is 5.63. The molecule has 0 aliphatic rings. The third-order valence-corrected chi connectivity index (χ3v) is 3.82. The van der Waals surface area contributed by atoms with E-state index >= 15 is 0 Å². The van der Waals surface area contributed by atoms with Crippen molar-refractivity contribution in [2.45, 2.75) is 20.8 Å². The van der Waals surface area contributed by atoms with Gasteiger partial charge in [0.2, 0.25) is 0 Å². The summed E-state index contributed by atoms with van der Waals surface area (Å²) in [5, 5.41) is 3.25. The van der Waals surface area contributed by atoms with Crippen LogP contribution in [0.1, 0.15) is 16.7 Å². The summed E-state index contributed by atoms with van der Waals surface area (Å²) >= 11 is 0. The zero-order valence-electron chi connectivity index (χ0n) is 12.5. The van der Waals surface area contributed by atoms with E-state index in [1.54, 1.807) is 4.68 Å². The lowest BCUT2D eigenvalue weighted by Crippen LogP contribution is -2.16. The quantitative estimate of drug-likeness (QED) is 0.761. The SMILES string of the molecule is Cc1ccc(-c2[nH]n(-c3ccccc3C)c(=O)c2C)cc1. The highest BCUT2D eigenvalue weighted by atomic mass is 16.1. The van der Waals surface area contributed by atoms with E-state index in [1.165, 1.54) is 5.56 Å². The van der Waals surface area contributed by atoms with E-state index in [0.717, 1.165) is 28.1 Å². The van der Waals surface area contributed by atoms with Crippen molar-refractivity contribution in [1.82, 2.24) is 9.78 Å². The third-order valence-electron chi connectivity index (χ3n) is 3.82. The van der Waals surface area contributed by atoms with Crippen molar-refractivity contribution >= 4 is 0 Å². The Bertz CT molecular complexity index is 838. The van der Waals surface area contributed by atoms with Crippen molar-refractivity contribution in [2.75, 3.05) is 0 Å². The van der Waals surface area contributed by atoms with Crippen LogP contribution in [0.5, 0.6) is 0 Å². The zero-order valence-corrected chi connectivity index (χ0v) is 12.5. The van der Waals surface area contributed by atoms with Gasteiger partial charge in [0.1, 0.15) is 0 Å². The molecule has 0 atom stereocenters. The fourth-order valence-corrected chi connectivity index (χ4v) is 2.51. The second-order valence-electron chi connectivity index (χ2n) is 5.40. The number of H-pyrrole nitrogens is 1. The standard InChI is InChI=1S/C18H18N2O/c1-12-8-10-15(11-9-12)17-14(3)18(21)20(19-17)16-7-5-4-6-13(16)2/h4-11,19H,1-3H3. The van der Waals surface area contributed by atoms with Crippen molar-refractivity contribution in [3.05, 3.63) is 75.6 Å². The zero-order chi connectivity index (χ0) is 15.0. The molecule has 1 aromatic heterocycles. The predicted octanol–water partition coefficient (Wildman–Crippen LogP) is 3.76. The normalized spacial score (nSPS) is 10.8. The molecule has 0 aliphatic heterocycles. The van der Waals surface area contributed by atoms with Gasteiger partial charge in [-0.05, 0) is 38.0 Å². The lowest BCUT2D eigenvalue weighted by Gasteiger charge is -2.05. The summed E-state index contributed by atoms with van der Waals surface area (Å²) in [4.78, 5) is 12.5. The molecule has 0 amide bonds. The van der Waals surface area contributed by atoms with Crippen LogP contribution in [0, 0.1) is 20.8 Å². The van der Waals surface area contributed by atoms with Gasteiger partial charge in [0.05, 0.1) is 11.4 Å². The molecular formula is C18H18N2O. The van der Waals surface area contributed by atoms with Crippen molar-refractivity contribution < 1.29 is 0 Å². The van der Waals surface area contributed by atoms with Crippen LogP contribution in [0.4, 0.5) is 0 Å². The summed E-state index contributed by atoms with van der Waals surface area (Å²) < 4.78 is 1.62. The molecule has 3 aromatic rings. The van der Waals surface area contributed by atoms with Gasteiger partial charge in [-0.15, -0.1) is 0 Å². The van der Waals surface area contributed by atoms with Crippen LogP contribution >= 0.6 is 0 Å². The minimum Gasteiger partial charge on any atom is -0.290 e. The van der Waals surface area contributed by atoms with E-state index < -0.39 is 0 Å². The summed E-state index contributed by atoms with van der Waals surface area (Å²) in [6, 6.07) is 16.0. The average molecular weight is 278 g/mol. The monoisotopic (exact) mass is 278 g/mol. The van der Waals surface area contributed by atoms with Crippen molar-refractivity contribution in [1.29, 1.82) is 0 Å². The Labute approximate surface area is 123 Å². The number of aryl methyl sites for hydroxylation is 2. The van der Waals surface area contributed by atoms with E-state index in [9.17, 15) is 4.79 Å². The largest absolute Gasteiger partial charge is 0.290 e. The van der Waals surface area contributed by atoms with E-state index in [0.29, 0.717) is 0 Å². The Hall–Kier alpha value is -2.55. The summed E-state index contributed by atoms with van der Waals surface area (Å²) in [5.74, 6) is 0. The summed E-state index contributed by atoms with van der Waals surface area (Å²) in [5.41, 5.74) is 5.81. The minimum atomic E-state index is -0.000116. The summed E-state index contributed by atoms with van der Waals surface area (Å²) in [7, 11) is 0. The summed E-state index contributed by atoms with van der Waals surface area (Å²) in [6.07, 6.45) is 0. The molecule has 2 aromatic carbocycles. The van der Waals surface area contributed by atoms with Crippen LogP contribution in [-0.4, -0.2) is 9.78 Å². The molecule has 21 heavy (non-hydrogen) atoms. The molecule has 1 heterocycles. The van der Waals surface area contributed by atoms with Gasteiger partial charge in [-0.2, -0.15) is 0 Å². The number of hydrogen-bond acceptors (Lipinski definition) is 1. The van der Waals surface area contributed by atoms with E-state index in [-0.39, 0.29) is 5.56 Å². The molecular weight excluding hydrogens is 260 g/mol. The molecule has 3 nitrogen and oxygen atoms in total. The molecule has 1 N–H and O–H groups in total. The van der Waals surface area contributed by atoms with Crippen LogP contribution in [0.15, 0.2) is 53.3 Å². The first-order valence-corrected chi connectivity index (χ1v) is 7.02. The van der Waals surface area contributed by atoms with Crippen molar-refractivity contribution in [3.8, 4) is 16.9 Å². The Kier molecular flexibility index (Phi) is 3.26. The third kappa shape index (κ3) is 2.31. The molecule has 0 spiro atoms. The Morgan fingerprint density at radius 3 is 2.24 bits per heavy atom. The molecule has 0 fully saturated rings. The molecule has 3 rings (SSSR count). The van der Waals surface area contributed by atoms with Crippen molar-refractivity contribution in [2.24, 2.45) is 0 Å².